The summed E-state index contributed by atoms with van der Waals surface area (Å²) in [6, 6.07) is 5.43. The largest absolute Gasteiger partial charge is 0.481 e. The van der Waals surface area contributed by atoms with Gasteiger partial charge in [-0.15, -0.1) is 0 Å². The number of hydrogen-bond acceptors (Lipinski definition) is 3. The lowest BCUT2D eigenvalue weighted by atomic mass is 9.73. The number of ether oxygens (including phenoxy) is 1. The van der Waals surface area contributed by atoms with Crippen LogP contribution in [0.5, 0.6) is 0 Å². The predicted octanol–water partition coefficient (Wildman–Crippen LogP) is 4.87. The van der Waals surface area contributed by atoms with Crippen molar-refractivity contribution in [2.75, 3.05) is 13.7 Å². The molecule has 0 aliphatic heterocycles. The number of nitrogens with zero attached hydrogens (tertiary/aromatic N) is 1. The highest BCUT2D eigenvalue weighted by molar-refractivity contribution is 5.83. The van der Waals surface area contributed by atoms with Crippen LogP contribution in [0, 0.1) is 11.8 Å². The van der Waals surface area contributed by atoms with Gasteiger partial charge in [0.25, 0.3) is 0 Å². The van der Waals surface area contributed by atoms with Crippen molar-refractivity contribution in [3.8, 4) is 0 Å². The zero-order valence-electron chi connectivity index (χ0n) is 15.0. The Bertz CT molecular complexity index is 814. The van der Waals surface area contributed by atoms with E-state index in [4.69, 9.17) is 4.74 Å². The molecule has 0 bridgehead atoms. The maximum absolute atomic E-state index is 13.1. The molecular weight excluding hydrogens is 359 g/mol. The Balaban J connectivity index is 1.83. The second kappa shape index (κ2) is 7.84. The lowest BCUT2D eigenvalue weighted by Gasteiger charge is -2.32. The summed E-state index contributed by atoms with van der Waals surface area (Å²) in [4.78, 5) is 15.6. The molecule has 1 saturated carbocycles. The van der Waals surface area contributed by atoms with Crippen LogP contribution in [-0.2, 0) is 15.7 Å². The SMILES string of the molecule is COCC(C(=O)O)C1CCC(c2ccnc3ccc(C(F)(F)F)cc23)CC1. The van der Waals surface area contributed by atoms with Crippen molar-refractivity contribution in [2.45, 2.75) is 37.8 Å². The summed E-state index contributed by atoms with van der Waals surface area (Å²) in [6.45, 7) is 0.178. The van der Waals surface area contributed by atoms with Crippen LogP contribution in [0.4, 0.5) is 13.2 Å². The molecule has 1 aliphatic rings. The number of halogens is 3. The van der Waals surface area contributed by atoms with Gasteiger partial charge in [-0.25, -0.2) is 0 Å². The first-order valence-electron chi connectivity index (χ1n) is 8.99. The number of carbonyl (C=O) groups is 1. The van der Waals surface area contributed by atoms with E-state index in [1.54, 1.807) is 12.3 Å². The molecule has 146 valence electrons. The standard InChI is InChI=1S/C20H22F3NO3/c1-27-11-17(19(25)26)13-4-2-12(3-5-13)15-8-9-24-18-7-6-14(10-16(15)18)20(21,22)23/h6-10,12-13,17H,2-5,11H2,1H3,(H,25,26). The summed E-state index contributed by atoms with van der Waals surface area (Å²) in [7, 11) is 1.49. The highest BCUT2D eigenvalue weighted by Crippen LogP contribution is 2.41. The predicted molar refractivity (Wildman–Crippen MR) is 94.4 cm³/mol. The van der Waals surface area contributed by atoms with E-state index in [0.717, 1.165) is 24.5 Å². The molecule has 7 heteroatoms. The van der Waals surface area contributed by atoms with Crippen molar-refractivity contribution in [1.29, 1.82) is 0 Å². The zero-order valence-corrected chi connectivity index (χ0v) is 15.0. The van der Waals surface area contributed by atoms with Crippen molar-refractivity contribution in [2.24, 2.45) is 11.8 Å². The fourth-order valence-electron chi connectivity index (χ4n) is 4.12. The molecule has 1 heterocycles. The van der Waals surface area contributed by atoms with Gasteiger partial charge in [0.1, 0.15) is 0 Å². The second-order valence-corrected chi connectivity index (χ2v) is 7.14. The van der Waals surface area contributed by atoms with Crippen LogP contribution in [0.1, 0.15) is 42.7 Å². The van der Waals surface area contributed by atoms with Crippen LogP contribution >= 0.6 is 0 Å². The summed E-state index contributed by atoms with van der Waals surface area (Å²) in [5.74, 6) is -1.27. The highest BCUT2D eigenvalue weighted by Gasteiger charge is 2.34. The van der Waals surface area contributed by atoms with E-state index in [-0.39, 0.29) is 18.4 Å². The minimum absolute atomic E-state index is 0.0255. The van der Waals surface area contributed by atoms with E-state index in [9.17, 15) is 23.1 Å². The Labute approximate surface area is 155 Å². The molecule has 0 radical (unpaired) electrons. The lowest BCUT2D eigenvalue weighted by molar-refractivity contribution is -0.146. The van der Waals surface area contributed by atoms with Gasteiger partial charge in [0, 0.05) is 18.7 Å². The number of pyridine rings is 1. The normalized spacial score (nSPS) is 21.9. The molecule has 1 aromatic carbocycles. The molecule has 1 unspecified atom stereocenters. The van der Waals surface area contributed by atoms with Gasteiger partial charge in [0.2, 0.25) is 0 Å². The first-order valence-corrected chi connectivity index (χ1v) is 8.99. The van der Waals surface area contributed by atoms with Crippen LogP contribution in [0.3, 0.4) is 0 Å². The molecule has 2 aromatic rings. The Morgan fingerprint density at radius 1 is 1.26 bits per heavy atom. The molecule has 27 heavy (non-hydrogen) atoms. The second-order valence-electron chi connectivity index (χ2n) is 7.14. The number of carboxylic acid groups (broad SMARTS) is 1. The van der Waals surface area contributed by atoms with Gasteiger partial charge in [0.15, 0.2) is 0 Å². The molecule has 1 aliphatic carbocycles. The van der Waals surface area contributed by atoms with Crippen molar-refractivity contribution < 1.29 is 27.8 Å². The van der Waals surface area contributed by atoms with Gasteiger partial charge in [-0.05, 0) is 67.3 Å². The van der Waals surface area contributed by atoms with E-state index in [2.05, 4.69) is 4.98 Å². The fraction of sp³-hybridized carbons (Fsp3) is 0.500. The summed E-state index contributed by atoms with van der Waals surface area (Å²) in [5, 5.41) is 9.92. The third-order valence-corrected chi connectivity index (χ3v) is 5.55. The first kappa shape index (κ1) is 19.6. The number of alkyl halides is 3. The van der Waals surface area contributed by atoms with Crippen molar-refractivity contribution in [3.63, 3.8) is 0 Å². The average molecular weight is 381 g/mol. The van der Waals surface area contributed by atoms with Gasteiger partial charge >= 0.3 is 12.1 Å². The van der Waals surface area contributed by atoms with E-state index in [1.165, 1.54) is 19.2 Å². The summed E-state index contributed by atoms with van der Waals surface area (Å²) in [5.41, 5.74) is 0.734. The molecular formula is C20H22F3NO3. The molecule has 0 saturated heterocycles. The molecule has 1 atom stereocenters. The minimum Gasteiger partial charge on any atom is -0.481 e. The summed E-state index contributed by atoms with van der Waals surface area (Å²) in [6.07, 6.45) is 0.151. The van der Waals surface area contributed by atoms with E-state index >= 15 is 0 Å². The molecule has 4 nitrogen and oxygen atoms in total. The Kier molecular flexibility index (Phi) is 5.69. The monoisotopic (exact) mass is 381 g/mol. The number of hydrogen-bond donors (Lipinski definition) is 1. The number of aromatic nitrogens is 1. The molecule has 1 aromatic heterocycles. The number of fused-ring (bicyclic) bond motifs is 1. The van der Waals surface area contributed by atoms with Crippen LogP contribution < -0.4 is 0 Å². The van der Waals surface area contributed by atoms with E-state index in [0.29, 0.717) is 23.7 Å². The Morgan fingerprint density at radius 3 is 2.56 bits per heavy atom. The average Bonchev–Trinajstić information content (AvgIpc) is 2.64. The third-order valence-electron chi connectivity index (χ3n) is 5.55. The number of aliphatic carboxylic acids is 1. The topological polar surface area (TPSA) is 59.4 Å². The smallest absolute Gasteiger partial charge is 0.416 e. The Morgan fingerprint density at radius 2 is 1.96 bits per heavy atom. The molecule has 1 N–H and O–H groups in total. The van der Waals surface area contributed by atoms with Gasteiger partial charge < -0.3 is 9.84 Å². The number of carboxylic acids is 1. The Hall–Kier alpha value is -2.15. The van der Waals surface area contributed by atoms with Gasteiger partial charge in [0.05, 0.1) is 23.6 Å². The van der Waals surface area contributed by atoms with Crippen molar-refractivity contribution >= 4 is 16.9 Å². The minimum atomic E-state index is -4.40. The van der Waals surface area contributed by atoms with E-state index in [1.807, 2.05) is 0 Å². The van der Waals surface area contributed by atoms with Crippen LogP contribution in [0.2, 0.25) is 0 Å². The third kappa shape index (κ3) is 4.24. The molecule has 3 rings (SSSR count). The zero-order chi connectivity index (χ0) is 19.6. The van der Waals surface area contributed by atoms with Gasteiger partial charge in [-0.3, -0.25) is 9.78 Å². The number of rotatable bonds is 5. The maximum Gasteiger partial charge on any atom is 0.416 e. The van der Waals surface area contributed by atoms with E-state index < -0.39 is 23.6 Å². The summed E-state index contributed by atoms with van der Waals surface area (Å²) >= 11 is 0. The number of benzene rings is 1. The van der Waals surface area contributed by atoms with Crippen LogP contribution in [0.25, 0.3) is 10.9 Å². The fourth-order valence-corrected chi connectivity index (χ4v) is 4.12. The first-order chi connectivity index (χ1) is 12.8. The maximum atomic E-state index is 13.1. The molecule has 0 amide bonds. The summed E-state index contributed by atoms with van der Waals surface area (Å²) < 4.78 is 44.3. The van der Waals surface area contributed by atoms with Gasteiger partial charge in [-0.2, -0.15) is 13.2 Å². The van der Waals surface area contributed by atoms with Crippen molar-refractivity contribution in [3.05, 3.63) is 41.6 Å². The lowest BCUT2D eigenvalue weighted by Crippen LogP contribution is -2.30. The molecule has 1 fully saturated rings. The van der Waals surface area contributed by atoms with Gasteiger partial charge in [-0.1, -0.05) is 0 Å². The van der Waals surface area contributed by atoms with Crippen LogP contribution in [0.15, 0.2) is 30.5 Å². The quantitative estimate of drug-likeness (QED) is 0.802. The highest BCUT2D eigenvalue weighted by atomic mass is 19.4. The van der Waals surface area contributed by atoms with Crippen LogP contribution in [-0.4, -0.2) is 29.8 Å². The van der Waals surface area contributed by atoms with Crippen molar-refractivity contribution in [1.82, 2.24) is 4.98 Å². The number of methoxy groups -OCH3 is 1. The molecule has 0 spiro atoms.